The van der Waals surface area contributed by atoms with Crippen LogP contribution in [0.3, 0.4) is 0 Å². The zero-order chi connectivity index (χ0) is 15.8. The zero-order valence-corrected chi connectivity index (χ0v) is 12.7. The van der Waals surface area contributed by atoms with Crippen molar-refractivity contribution < 1.29 is 9.90 Å². The number of rotatable bonds is 6. The largest absolute Gasteiger partial charge is 0.391 e. The average Bonchev–Trinajstić information content (AvgIpc) is 2.53. The summed E-state index contributed by atoms with van der Waals surface area (Å²) in [4.78, 5) is 15.6. The minimum atomic E-state index is -0.614. The van der Waals surface area contributed by atoms with Gasteiger partial charge in [-0.05, 0) is 23.3 Å². The van der Waals surface area contributed by atoms with Crippen LogP contribution in [0.2, 0.25) is 5.15 Å². The molecule has 0 fully saturated rings. The first-order valence-corrected chi connectivity index (χ1v) is 7.31. The minimum Gasteiger partial charge on any atom is -0.391 e. The van der Waals surface area contributed by atoms with Crippen molar-refractivity contribution in [2.75, 3.05) is 6.54 Å². The van der Waals surface area contributed by atoms with E-state index in [4.69, 9.17) is 11.6 Å². The van der Waals surface area contributed by atoms with Crippen molar-refractivity contribution in [3.05, 3.63) is 71.0 Å². The predicted octanol–water partition coefficient (Wildman–Crippen LogP) is 2.47. The van der Waals surface area contributed by atoms with Crippen LogP contribution >= 0.6 is 11.6 Å². The SMILES string of the molecule is O=C(/C=C/c1ccc(Cl)nc1)NCC(O)Cc1ccccc1. The first kappa shape index (κ1) is 16.2. The van der Waals surface area contributed by atoms with Crippen molar-refractivity contribution in [1.82, 2.24) is 10.3 Å². The summed E-state index contributed by atoms with van der Waals surface area (Å²) < 4.78 is 0. The van der Waals surface area contributed by atoms with E-state index in [9.17, 15) is 9.90 Å². The molecule has 2 N–H and O–H groups in total. The number of carbonyl (C=O) groups is 1. The second-order valence-electron chi connectivity index (χ2n) is 4.84. The quantitative estimate of drug-likeness (QED) is 0.635. The lowest BCUT2D eigenvalue weighted by Crippen LogP contribution is -2.32. The summed E-state index contributed by atoms with van der Waals surface area (Å²) in [7, 11) is 0. The molecule has 114 valence electrons. The second kappa shape index (κ2) is 8.32. The highest BCUT2D eigenvalue weighted by atomic mass is 35.5. The summed E-state index contributed by atoms with van der Waals surface area (Å²) in [6, 6.07) is 13.1. The van der Waals surface area contributed by atoms with E-state index < -0.39 is 6.10 Å². The van der Waals surface area contributed by atoms with Gasteiger partial charge in [0.15, 0.2) is 0 Å². The molecule has 1 amide bonds. The molecule has 1 heterocycles. The number of aliphatic hydroxyl groups is 1. The van der Waals surface area contributed by atoms with Gasteiger partial charge in [-0.25, -0.2) is 4.98 Å². The third-order valence-electron chi connectivity index (χ3n) is 3.00. The van der Waals surface area contributed by atoms with Gasteiger partial charge in [0.25, 0.3) is 0 Å². The first-order valence-electron chi connectivity index (χ1n) is 6.93. The van der Waals surface area contributed by atoms with Crippen molar-refractivity contribution in [3.8, 4) is 0 Å². The highest BCUT2D eigenvalue weighted by molar-refractivity contribution is 6.29. The van der Waals surface area contributed by atoms with Gasteiger partial charge in [0.05, 0.1) is 6.10 Å². The number of pyridine rings is 1. The standard InChI is InChI=1S/C17H17ClN2O2/c18-16-8-6-14(11-19-16)7-9-17(22)20-12-15(21)10-13-4-2-1-3-5-13/h1-9,11,15,21H,10,12H2,(H,20,22)/b9-7+. The van der Waals surface area contributed by atoms with Crippen LogP contribution in [0.4, 0.5) is 0 Å². The van der Waals surface area contributed by atoms with Crippen LogP contribution in [0.5, 0.6) is 0 Å². The molecule has 5 heteroatoms. The van der Waals surface area contributed by atoms with Gasteiger partial charge < -0.3 is 10.4 Å². The Balaban J connectivity index is 1.76. The van der Waals surface area contributed by atoms with Crippen molar-refractivity contribution in [1.29, 1.82) is 0 Å². The summed E-state index contributed by atoms with van der Waals surface area (Å²) in [5.41, 5.74) is 1.82. The summed E-state index contributed by atoms with van der Waals surface area (Å²) in [5.74, 6) is -0.262. The first-order chi connectivity index (χ1) is 10.6. The molecule has 0 spiro atoms. The molecule has 1 unspecified atom stereocenters. The smallest absolute Gasteiger partial charge is 0.244 e. The van der Waals surface area contributed by atoms with E-state index in [-0.39, 0.29) is 12.5 Å². The lowest BCUT2D eigenvalue weighted by atomic mass is 10.1. The van der Waals surface area contributed by atoms with Crippen LogP contribution in [-0.2, 0) is 11.2 Å². The Morgan fingerprint density at radius 1 is 1.27 bits per heavy atom. The highest BCUT2D eigenvalue weighted by Gasteiger charge is 2.06. The summed E-state index contributed by atoms with van der Waals surface area (Å²) >= 11 is 5.68. The molecular weight excluding hydrogens is 300 g/mol. The number of aromatic nitrogens is 1. The van der Waals surface area contributed by atoms with Gasteiger partial charge in [-0.2, -0.15) is 0 Å². The van der Waals surface area contributed by atoms with E-state index in [0.717, 1.165) is 11.1 Å². The normalized spacial score (nSPS) is 12.3. The number of hydrogen-bond donors (Lipinski definition) is 2. The van der Waals surface area contributed by atoms with Crippen LogP contribution in [0.15, 0.2) is 54.7 Å². The lowest BCUT2D eigenvalue weighted by Gasteiger charge is -2.10. The third kappa shape index (κ3) is 5.68. The molecule has 0 saturated heterocycles. The molecule has 1 atom stereocenters. The van der Waals surface area contributed by atoms with Crippen molar-refractivity contribution >= 4 is 23.6 Å². The number of benzene rings is 1. The number of nitrogens with zero attached hydrogens (tertiary/aromatic N) is 1. The molecule has 0 saturated carbocycles. The Morgan fingerprint density at radius 2 is 2.05 bits per heavy atom. The predicted molar refractivity (Wildman–Crippen MR) is 87.4 cm³/mol. The Kier molecular flexibility index (Phi) is 6.13. The number of aliphatic hydroxyl groups excluding tert-OH is 1. The van der Waals surface area contributed by atoms with E-state index in [1.807, 2.05) is 30.3 Å². The minimum absolute atomic E-state index is 0.205. The Hall–Kier alpha value is -2.17. The molecular formula is C17H17ClN2O2. The molecule has 0 aliphatic carbocycles. The van der Waals surface area contributed by atoms with Gasteiger partial charge in [-0.15, -0.1) is 0 Å². The maximum atomic E-state index is 11.7. The second-order valence-corrected chi connectivity index (χ2v) is 5.22. The number of amides is 1. The maximum Gasteiger partial charge on any atom is 0.244 e. The molecule has 22 heavy (non-hydrogen) atoms. The fourth-order valence-corrected chi connectivity index (χ4v) is 2.01. The fraction of sp³-hybridized carbons (Fsp3) is 0.176. The molecule has 0 radical (unpaired) electrons. The number of carbonyl (C=O) groups excluding carboxylic acids is 1. The van der Waals surface area contributed by atoms with E-state index in [1.165, 1.54) is 6.08 Å². The van der Waals surface area contributed by atoms with Crippen LogP contribution < -0.4 is 5.32 Å². The summed E-state index contributed by atoms with van der Waals surface area (Å²) in [6.07, 6.45) is 4.52. The zero-order valence-electron chi connectivity index (χ0n) is 11.9. The number of nitrogens with one attached hydrogen (secondary N) is 1. The molecule has 2 aromatic rings. The molecule has 2 rings (SSSR count). The van der Waals surface area contributed by atoms with Gasteiger partial charge in [0.2, 0.25) is 5.91 Å². The summed E-state index contributed by atoms with van der Waals surface area (Å²) in [6.45, 7) is 0.205. The van der Waals surface area contributed by atoms with Gasteiger partial charge in [0.1, 0.15) is 5.15 Å². The molecule has 0 bridgehead atoms. The Morgan fingerprint density at radius 3 is 2.73 bits per heavy atom. The van der Waals surface area contributed by atoms with Crippen molar-refractivity contribution in [2.24, 2.45) is 0 Å². The van der Waals surface area contributed by atoms with Crippen molar-refractivity contribution in [2.45, 2.75) is 12.5 Å². The Labute approximate surface area is 134 Å². The van der Waals surface area contributed by atoms with Gasteiger partial charge in [0, 0.05) is 25.2 Å². The van der Waals surface area contributed by atoms with Gasteiger partial charge in [-0.1, -0.05) is 48.0 Å². The van der Waals surface area contributed by atoms with Crippen LogP contribution in [0.1, 0.15) is 11.1 Å². The monoisotopic (exact) mass is 316 g/mol. The van der Waals surface area contributed by atoms with E-state index in [0.29, 0.717) is 11.6 Å². The van der Waals surface area contributed by atoms with E-state index in [2.05, 4.69) is 10.3 Å². The Bertz CT molecular complexity index is 627. The molecule has 1 aromatic carbocycles. The van der Waals surface area contributed by atoms with Gasteiger partial charge >= 0.3 is 0 Å². The van der Waals surface area contributed by atoms with Crippen LogP contribution in [0, 0.1) is 0 Å². The summed E-state index contributed by atoms with van der Waals surface area (Å²) in [5, 5.41) is 13.0. The fourth-order valence-electron chi connectivity index (χ4n) is 1.89. The van der Waals surface area contributed by atoms with Crippen LogP contribution in [0.25, 0.3) is 6.08 Å². The highest BCUT2D eigenvalue weighted by Crippen LogP contribution is 2.06. The molecule has 4 nitrogen and oxygen atoms in total. The van der Waals surface area contributed by atoms with Crippen molar-refractivity contribution in [3.63, 3.8) is 0 Å². The number of halogens is 1. The maximum absolute atomic E-state index is 11.7. The third-order valence-corrected chi connectivity index (χ3v) is 3.23. The molecule has 0 aliphatic rings. The van der Waals surface area contributed by atoms with E-state index in [1.54, 1.807) is 24.4 Å². The molecule has 1 aromatic heterocycles. The number of hydrogen-bond acceptors (Lipinski definition) is 3. The molecule has 0 aliphatic heterocycles. The average molecular weight is 317 g/mol. The lowest BCUT2D eigenvalue weighted by molar-refractivity contribution is -0.116. The van der Waals surface area contributed by atoms with Gasteiger partial charge in [-0.3, -0.25) is 4.79 Å². The van der Waals surface area contributed by atoms with Crippen LogP contribution in [-0.4, -0.2) is 28.6 Å². The topological polar surface area (TPSA) is 62.2 Å². The van der Waals surface area contributed by atoms with E-state index >= 15 is 0 Å².